The summed E-state index contributed by atoms with van der Waals surface area (Å²) in [6.07, 6.45) is 1.49. The number of rotatable bonds is 6. The summed E-state index contributed by atoms with van der Waals surface area (Å²) in [7, 11) is 0. The predicted octanol–water partition coefficient (Wildman–Crippen LogP) is 3.00. The van der Waals surface area contributed by atoms with Crippen LogP contribution in [0.15, 0.2) is 53.6 Å². The number of carbonyl (C=O) groups excluding carboxylic acids is 2. The van der Waals surface area contributed by atoms with E-state index < -0.39 is 0 Å². The molecule has 0 atom stereocenters. The van der Waals surface area contributed by atoms with E-state index in [0.29, 0.717) is 11.3 Å². The zero-order valence-electron chi connectivity index (χ0n) is 13.3. The van der Waals surface area contributed by atoms with Gasteiger partial charge in [-0.25, -0.2) is 9.82 Å². The van der Waals surface area contributed by atoms with Crippen LogP contribution in [-0.4, -0.2) is 18.0 Å². The largest absolute Gasteiger partial charge is 0.326 e. The summed E-state index contributed by atoms with van der Waals surface area (Å²) in [4.78, 5) is 23.4. The fourth-order valence-electron chi connectivity index (χ4n) is 1.96. The summed E-state index contributed by atoms with van der Waals surface area (Å²) in [5, 5.41) is 6.50. The van der Waals surface area contributed by atoms with Gasteiger partial charge in [-0.3, -0.25) is 9.59 Å². The number of hydrazone groups is 1. The van der Waals surface area contributed by atoms with Crippen LogP contribution in [0.5, 0.6) is 0 Å². The molecule has 24 heavy (non-hydrogen) atoms. The van der Waals surface area contributed by atoms with Gasteiger partial charge >= 0.3 is 0 Å². The van der Waals surface area contributed by atoms with Crippen LogP contribution in [0.25, 0.3) is 0 Å². The van der Waals surface area contributed by atoms with Crippen LogP contribution in [0.1, 0.15) is 24.0 Å². The first-order chi connectivity index (χ1) is 11.5. The number of carbonyl (C=O) groups is 2. The summed E-state index contributed by atoms with van der Waals surface area (Å²) < 4.78 is 12.7. The second-order valence-electron chi connectivity index (χ2n) is 5.26. The highest BCUT2D eigenvalue weighted by Crippen LogP contribution is 2.10. The lowest BCUT2D eigenvalue weighted by atomic mass is 10.2. The highest BCUT2D eigenvalue weighted by molar-refractivity contribution is 5.93. The van der Waals surface area contributed by atoms with Crippen LogP contribution in [0.3, 0.4) is 0 Å². The van der Waals surface area contributed by atoms with Crippen LogP contribution in [0.2, 0.25) is 0 Å². The first-order valence-electron chi connectivity index (χ1n) is 7.47. The van der Waals surface area contributed by atoms with E-state index in [1.807, 2.05) is 25.1 Å². The number of benzene rings is 2. The predicted molar refractivity (Wildman–Crippen MR) is 91.2 cm³/mol. The van der Waals surface area contributed by atoms with Crippen molar-refractivity contribution in [1.82, 2.24) is 5.43 Å². The van der Waals surface area contributed by atoms with E-state index in [-0.39, 0.29) is 30.5 Å². The Morgan fingerprint density at radius 1 is 1.08 bits per heavy atom. The molecule has 0 aliphatic carbocycles. The number of halogens is 1. The molecule has 0 fully saturated rings. The third-order valence-electron chi connectivity index (χ3n) is 3.15. The topological polar surface area (TPSA) is 70.6 Å². The summed E-state index contributed by atoms with van der Waals surface area (Å²) in [6, 6.07) is 13.1. The Morgan fingerprint density at radius 3 is 2.50 bits per heavy atom. The van der Waals surface area contributed by atoms with Gasteiger partial charge in [0.2, 0.25) is 11.8 Å². The quantitative estimate of drug-likeness (QED) is 0.632. The first-order valence-corrected chi connectivity index (χ1v) is 7.47. The molecule has 0 unspecified atom stereocenters. The van der Waals surface area contributed by atoms with Crippen LogP contribution < -0.4 is 10.7 Å². The van der Waals surface area contributed by atoms with Gasteiger partial charge in [-0.1, -0.05) is 24.3 Å². The van der Waals surface area contributed by atoms with Gasteiger partial charge in [0.1, 0.15) is 5.82 Å². The van der Waals surface area contributed by atoms with Gasteiger partial charge < -0.3 is 5.32 Å². The van der Waals surface area contributed by atoms with E-state index in [0.717, 1.165) is 5.56 Å². The fourth-order valence-corrected chi connectivity index (χ4v) is 1.96. The third kappa shape index (κ3) is 6.00. The number of aryl methyl sites for hydroxylation is 1. The van der Waals surface area contributed by atoms with Crippen LogP contribution >= 0.6 is 0 Å². The average molecular weight is 327 g/mol. The molecule has 2 N–H and O–H groups in total. The Hall–Kier alpha value is -3.02. The third-order valence-corrected chi connectivity index (χ3v) is 3.15. The zero-order chi connectivity index (χ0) is 17.4. The maximum atomic E-state index is 12.7. The van der Waals surface area contributed by atoms with Gasteiger partial charge in [0.15, 0.2) is 0 Å². The van der Waals surface area contributed by atoms with E-state index in [4.69, 9.17) is 0 Å². The van der Waals surface area contributed by atoms with E-state index in [1.165, 1.54) is 18.3 Å². The SMILES string of the molecule is Cc1cccc(NC(=O)CCC(=O)N/N=C\c2ccc(F)cc2)c1. The molecule has 2 rings (SSSR count). The van der Waals surface area contributed by atoms with Crippen molar-refractivity contribution in [2.45, 2.75) is 19.8 Å². The van der Waals surface area contributed by atoms with Crippen molar-refractivity contribution in [1.29, 1.82) is 0 Å². The van der Waals surface area contributed by atoms with Crippen molar-refractivity contribution in [2.24, 2.45) is 5.10 Å². The van der Waals surface area contributed by atoms with E-state index in [1.54, 1.807) is 18.2 Å². The van der Waals surface area contributed by atoms with Gasteiger partial charge in [0, 0.05) is 18.5 Å². The number of hydrogen-bond donors (Lipinski definition) is 2. The van der Waals surface area contributed by atoms with Crippen LogP contribution in [0, 0.1) is 12.7 Å². The molecule has 0 saturated heterocycles. The number of anilines is 1. The average Bonchev–Trinajstić information content (AvgIpc) is 2.55. The Morgan fingerprint density at radius 2 is 1.79 bits per heavy atom. The maximum Gasteiger partial charge on any atom is 0.240 e. The molecule has 0 aromatic heterocycles. The van der Waals surface area contributed by atoms with Crippen molar-refractivity contribution in [2.75, 3.05) is 5.32 Å². The van der Waals surface area contributed by atoms with Crippen molar-refractivity contribution in [3.8, 4) is 0 Å². The molecule has 0 spiro atoms. The molecule has 0 aliphatic rings. The Balaban J connectivity index is 1.72. The van der Waals surface area contributed by atoms with Crippen molar-refractivity contribution < 1.29 is 14.0 Å². The number of nitrogens with one attached hydrogen (secondary N) is 2. The van der Waals surface area contributed by atoms with Gasteiger partial charge in [-0.05, 0) is 42.3 Å². The van der Waals surface area contributed by atoms with Crippen molar-refractivity contribution in [3.05, 3.63) is 65.5 Å². The minimum absolute atomic E-state index is 0.0262. The normalized spacial score (nSPS) is 10.6. The number of amides is 2. The van der Waals surface area contributed by atoms with Crippen LogP contribution in [-0.2, 0) is 9.59 Å². The summed E-state index contributed by atoms with van der Waals surface area (Å²) >= 11 is 0. The lowest BCUT2D eigenvalue weighted by molar-refractivity contribution is -0.124. The summed E-state index contributed by atoms with van der Waals surface area (Å²) in [6.45, 7) is 1.93. The molecule has 0 bridgehead atoms. The van der Waals surface area contributed by atoms with Gasteiger partial charge in [0.05, 0.1) is 6.21 Å². The second kappa shape index (κ2) is 8.57. The van der Waals surface area contributed by atoms with E-state index in [2.05, 4.69) is 15.8 Å². The summed E-state index contributed by atoms with van der Waals surface area (Å²) in [5.41, 5.74) is 4.74. The maximum absolute atomic E-state index is 12.7. The molecule has 5 nitrogen and oxygen atoms in total. The Kier molecular flexibility index (Phi) is 6.19. The van der Waals surface area contributed by atoms with Crippen molar-refractivity contribution >= 4 is 23.7 Å². The van der Waals surface area contributed by atoms with Gasteiger partial charge in [0.25, 0.3) is 0 Å². The van der Waals surface area contributed by atoms with Crippen LogP contribution in [0.4, 0.5) is 10.1 Å². The first kappa shape index (κ1) is 17.3. The molecular weight excluding hydrogens is 309 g/mol. The lowest BCUT2D eigenvalue weighted by Gasteiger charge is -2.05. The molecule has 0 radical (unpaired) electrons. The Bertz CT molecular complexity index is 742. The second-order valence-corrected chi connectivity index (χ2v) is 5.26. The summed E-state index contributed by atoms with van der Waals surface area (Å²) in [5.74, 6) is -0.943. The molecule has 0 heterocycles. The minimum Gasteiger partial charge on any atom is -0.326 e. The number of nitrogens with zero attached hydrogens (tertiary/aromatic N) is 1. The monoisotopic (exact) mass is 327 g/mol. The molecule has 6 heteroatoms. The van der Waals surface area contributed by atoms with Gasteiger partial charge in [-0.15, -0.1) is 0 Å². The van der Waals surface area contributed by atoms with Gasteiger partial charge in [-0.2, -0.15) is 5.10 Å². The number of hydrogen-bond acceptors (Lipinski definition) is 3. The molecule has 0 saturated carbocycles. The molecule has 124 valence electrons. The fraction of sp³-hybridized carbons (Fsp3) is 0.167. The molecule has 2 aromatic carbocycles. The molecule has 2 amide bonds. The van der Waals surface area contributed by atoms with E-state index in [9.17, 15) is 14.0 Å². The zero-order valence-corrected chi connectivity index (χ0v) is 13.3. The molecule has 0 aliphatic heterocycles. The lowest BCUT2D eigenvalue weighted by Crippen LogP contribution is -2.20. The highest BCUT2D eigenvalue weighted by atomic mass is 19.1. The highest BCUT2D eigenvalue weighted by Gasteiger charge is 2.06. The Labute approximate surface area is 139 Å². The molecular formula is C18H18FN3O2. The van der Waals surface area contributed by atoms with Crippen molar-refractivity contribution in [3.63, 3.8) is 0 Å². The standard InChI is InChI=1S/C18H18FN3O2/c1-13-3-2-4-16(11-13)21-17(23)9-10-18(24)22-20-12-14-5-7-15(19)8-6-14/h2-8,11-12H,9-10H2,1H3,(H,21,23)(H,22,24)/b20-12-. The molecule has 2 aromatic rings. The minimum atomic E-state index is -0.368. The van der Waals surface area contributed by atoms with E-state index >= 15 is 0 Å². The smallest absolute Gasteiger partial charge is 0.240 e.